The number of carbonyl (C=O) groups excluding carboxylic acids is 1. The van der Waals surface area contributed by atoms with Crippen molar-refractivity contribution in [2.45, 2.75) is 24.6 Å². The summed E-state index contributed by atoms with van der Waals surface area (Å²) in [5.74, 6) is -4.14. The van der Waals surface area contributed by atoms with Gasteiger partial charge in [-0.1, -0.05) is 30.3 Å². The van der Waals surface area contributed by atoms with E-state index < -0.39 is 30.0 Å². The smallest absolute Gasteiger partial charge is 0.471 e. The molecule has 20 heavy (non-hydrogen) atoms. The normalized spacial score (nSPS) is 22.9. The van der Waals surface area contributed by atoms with Crippen molar-refractivity contribution in [2.24, 2.45) is 0 Å². The number of amides is 1. The maximum atomic E-state index is 12.5. The molecule has 0 aliphatic carbocycles. The number of hydrogen-bond donors (Lipinski definition) is 1. The lowest BCUT2D eigenvalue weighted by Gasteiger charge is -2.25. The quantitative estimate of drug-likeness (QED) is 0.905. The third kappa shape index (κ3) is 2.61. The predicted molar refractivity (Wildman–Crippen MR) is 63.0 cm³/mol. The number of carboxylic acid groups (broad SMARTS) is 1. The summed E-state index contributed by atoms with van der Waals surface area (Å²) < 4.78 is 37.4. The largest absolute Gasteiger partial charge is 0.480 e. The Morgan fingerprint density at radius 1 is 1.20 bits per heavy atom. The van der Waals surface area contributed by atoms with Crippen molar-refractivity contribution in [3.8, 4) is 0 Å². The minimum Gasteiger partial charge on any atom is -0.480 e. The average Bonchev–Trinajstić information content (AvgIpc) is 2.82. The molecule has 7 heteroatoms. The standard InChI is InChI=1S/C13H12F3NO3/c14-13(15,16)12(20)17-7-6-9(10(17)11(18)19)8-4-2-1-3-5-8/h1-5,9-10H,6-7H2,(H,18,19). The highest BCUT2D eigenvalue weighted by molar-refractivity contribution is 5.88. The van der Waals surface area contributed by atoms with E-state index in [1.54, 1.807) is 30.3 Å². The molecule has 1 aliphatic heterocycles. The predicted octanol–water partition coefficient (Wildman–Crippen LogP) is 2.02. The van der Waals surface area contributed by atoms with Crippen LogP contribution in [-0.4, -0.2) is 40.6 Å². The number of benzene rings is 1. The summed E-state index contributed by atoms with van der Waals surface area (Å²) in [6.45, 7) is -0.213. The maximum Gasteiger partial charge on any atom is 0.471 e. The molecule has 1 N–H and O–H groups in total. The first-order chi connectivity index (χ1) is 9.32. The van der Waals surface area contributed by atoms with E-state index in [9.17, 15) is 22.8 Å². The van der Waals surface area contributed by atoms with Gasteiger partial charge in [-0.2, -0.15) is 13.2 Å². The Balaban J connectivity index is 2.31. The molecule has 4 nitrogen and oxygen atoms in total. The molecule has 0 spiro atoms. The van der Waals surface area contributed by atoms with Crippen LogP contribution in [0.5, 0.6) is 0 Å². The van der Waals surface area contributed by atoms with Gasteiger partial charge in [0.2, 0.25) is 0 Å². The molecule has 0 radical (unpaired) electrons. The van der Waals surface area contributed by atoms with Gasteiger partial charge in [-0.25, -0.2) is 4.79 Å². The van der Waals surface area contributed by atoms with E-state index in [4.69, 9.17) is 5.11 Å². The van der Waals surface area contributed by atoms with E-state index in [-0.39, 0.29) is 13.0 Å². The minimum absolute atomic E-state index is 0.197. The van der Waals surface area contributed by atoms with E-state index in [0.717, 1.165) is 0 Å². The van der Waals surface area contributed by atoms with Gasteiger partial charge in [0.15, 0.2) is 0 Å². The van der Waals surface area contributed by atoms with E-state index in [1.165, 1.54) is 0 Å². The number of likely N-dealkylation sites (tertiary alicyclic amines) is 1. The van der Waals surface area contributed by atoms with Crippen molar-refractivity contribution in [2.75, 3.05) is 6.54 Å². The number of halogens is 3. The molecule has 108 valence electrons. The zero-order valence-corrected chi connectivity index (χ0v) is 10.3. The van der Waals surface area contributed by atoms with Gasteiger partial charge >= 0.3 is 18.1 Å². The molecule has 0 saturated carbocycles. The van der Waals surface area contributed by atoms with Crippen LogP contribution in [-0.2, 0) is 9.59 Å². The Hall–Kier alpha value is -2.05. The summed E-state index contributed by atoms with van der Waals surface area (Å²) in [4.78, 5) is 23.0. The lowest BCUT2D eigenvalue weighted by Crippen LogP contribution is -2.48. The van der Waals surface area contributed by atoms with Crippen molar-refractivity contribution in [3.05, 3.63) is 35.9 Å². The molecular formula is C13H12F3NO3. The Bertz CT molecular complexity index is 515. The second-order valence-corrected chi connectivity index (χ2v) is 4.59. The molecule has 1 aromatic carbocycles. The second-order valence-electron chi connectivity index (χ2n) is 4.59. The van der Waals surface area contributed by atoms with E-state index in [2.05, 4.69) is 0 Å². The summed E-state index contributed by atoms with van der Waals surface area (Å²) in [5.41, 5.74) is 0.623. The van der Waals surface area contributed by atoms with Crippen LogP contribution in [0.4, 0.5) is 13.2 Å². The molecule has 1 aromatic rings. The summed E-state index contributed by atoms with van der Waals surface area (Å²) in [5, 5.41) is 9.17. The first-order valence-electron chi connectivity index (χ1n) is 5.98. The highest BCUT2D eigenvalue weighted by Gasteiger charge is 2.51. The maximum absolute atomic E-state index is 12.5. The number of rotatable bonds is 2. The Morgan fingerprint density at radius 2 is 1.80 bits per heavy atom. The van der Waals surface area contributed by atoms with Gasteiger partial charge in [-0.3, -0.25) is 4.79 Å². The highest BCUT2D eigenvalue weighted by Crippen LogP contribution is 2.36. The Morgan fingerprint density at radius 3 is 2.30 bits per heavy atom. The Kier molecular flexibility index (Phi) is 3.69. The third-order valence-electron chi connectivity index (χ3n) is 3.38. The summed E-state index contributed by atoms with van der Waals surface area (Å²) in [7, 11) is 0. The SMILES string of the molecule is O=C(O)C1C(c2ccccc2)CCN1C(=O)C(F)(F)F. The summed E-state index contributed by atoms with van der Waals surface area (Å²) in [6, 6.07) is 6.92. The van der Waals surface area contributed by atoms with Crippen molar-refractivity contribution < 1.29 is 27.9 Å². The van der Waals surface area contributed by atoms with Crippen LogP contribution < -0.4 is 0 Å². The van der Waals surface area contributed by atoms with Gasteiger partial charge in [-0.15, -0.1) is 0 Å². The van der Waals surface area contributed by atoms with Gasteiger partial charge in [-0.05, 0) is 12.0 Å². The van der Waals surface area contributed by atoms with Crippen molar-refractivity contribution in [3.63, 3.8) is 0 Å². The van der Waals surface area contributed by atoms with E-state index >= 15 is 0 Å². The molecule has 1 fully saturated rings. The molecule has 1 aliphatic rings. The van der Waals surface area contributed by atoms with Crippen LogP contribution in [0.2, 0.25) is 0 Å². The molecule has 1 saturated heterocycles. The molecule has 1 heterocycles. The number of nitrogens with zero attached hydrogens (tertiary/aromatic N) is 1. The summed E-state index contributed by atoms with van der Waals surface area (Å²) in [6.07, 6.45) is -4.86. The molecule has 0 bridgehead atoms. The molecular weight excluding hydrogens is 275 g/mol. The average molecular weight is 287 g/mol. The van der Waals surface area contributed by atoms with Crippen molar-refractivity contribution in [1.82, 2.24) is 4.90 Å². The van der Waals surface area contributed by atoms with Gasteiger partial charge in [0.25, 0.3) is 0 Å². The van der Waals surface area contributed by atoms with Crippen LogP contribution in [0.3, 0.4) is 0 Å². The van der Waals surface area contributed by atoms with Crippen LogP contribution in [0.15, 0.2) is 30.3 Å². The number of carboxylic acids is 1. The van der Waals surface area contributed by atoms with E-state index in [0.29, 0.717) is 10.5 Å². The number of hydrogen-bond acceptors (Lipinski definition) is 2. The molecule has 2 rings (SSSR count). The zero-order chi connectivity index (χ0) is 14.9. The second kappa shape index (κ2) is 5.15. The molecule has 1 amide bonds. The van der Waals surface area contributed by atoms with Crippen molar-refractivity contribution in [1.29, 1.82) is 0 Å². The van der Waals surface area contributed by atoms with Crippen LogP contribution in [0.25, 0.3) is 0 Å². The molecule has 2 atom stereocenters. The fourth-order valence-electron chi connectivity index (χ4n) is 2.54. The summed E-state index contributed by atoms with van der Waals surface area (Å²) >= 11 is 0. The van der Waals surface area contributed by atoms with Crippen LogP contribution in [0.1, 0.15) is 17.9 Å². The minimum atomic E-state index is -5.06. The highest BCUT2D eigenvalue weighted by atomic mass is 19.4. The lowest BCUT2D eigenvalue weighted by molar-refractivity contribution is -0.188. The first-order valence-corrected chi connectivity index (χ1v) is 5.98. The monoisotopic (exact) mass is 287 g/mol. The topological polar surface area (TPSA) is 57.6 Å². The third-order valence-corrected chi connectivity index (χ3v) is 3.38. The number of alkyl halides is 3. The van der Waals surface area contributed by atoms with Gasteiger partial charge in [0, 0.05) is 12.5 Å². The first kappa shape index (κ1) is 14.4. The Labute approximate surface area is 112 Å². The fraction of sp³-hybridized carbons (Fsp3) is 0.385. The fourth-order valence-corrected chi connectivity index (χ4v) is 2.54. The van der Waals surface area contributed by atoms with E-state index in [1.807, 2.05) is 0 Å². The van der Waals surface area contributed by atoms with Crippen LogP contribution in [0, 0.1) is 0 Å². The zero-order valence-electron chi connectivity index (χ0n) is 10.3. The van der Waals surface area contributed by atoms with Crippen molar-refractivity contribution >= 4 is 11.9 Å². The molecule has 0 aromatic heterocycles. The van der Waals surface area contributed by atoms with Gasteiger partial charge in [0.05, 0.1) is 0 Å². The van der Waals surface area contributed by atoms with Gasteiger partial charge in [0.1, 0.15) is 6.04 Å². The van der Waals surface area contributed by atoms with Crippen LogP contribution >= 0.6 is 0 Å². The lowest BCUT2D eigenvalue weighted by atomic mass is 9.92. The van der Waals surface area contributed by atoms with Gasteiger partial charge < -0.3 is 10.0 Å². The molecule has 2 unspecified atom stereocenters. The number of carbonyl (C=O) groups is 2. The number of aliphatic carboxylic acids is 1.